The molecular weight excluding hydrogens is 647 g/mol. The Morgan fingerprint density at radius 3 is 1.88 bits per heavy atom. The molecule has 10 aromatic rings. The summed E-state index contributed by atoms with van der Waals surface area (Å²) in [6.45, 7) is 0.0326. The lowest BCUT2D eigenvalue weighted by Crippen LogP contribution is -2.55. The van der Waals surface area contributed by atoms with E-state index in [4.69, 9.17) is 0 Å². The monoisotopic (exact) mass is 676 g/mol. The van der Waals surface area contributed by atoms with Crippen molar-refractivity contribution in [2.24, 2.45) is 0 Å². The van der Waals surface area contributed by atoms with Gasteiger partial charge in [0.15, 0.2) is 0 Å². The van der Waals surface area contributed by atoms with Gasteiger partial charge in [-0.2, -0.15) is 0 Å². The molecule has 240 valence electrons. The van der Waals surface area contributed by atoms with Gasteiger partial charge < -0.3 is 9.38 Å². The topological polar surface area (TPSA) is 8.17 Å². The molecule has 2 nitrogen and oxygen atoms in total. The summed E-state index contributed by atoms with van der Waals surface area (Å²) in [7, 11) is 0. The van der Waals surface area contributed by atoms with Crippen LogP contribution in [0.3, 0.4) is 0 Å². The maximum absolute atomic E-state index is 2.67. The van der Waals surface area contributed by atoms with Crippen molar-refractivity contribution in [3.63, 3.8) is 0 Å². The van der Waals surface area contributed by atoms with Gasteiger partial charge in [-0.1, -0.05) is 127 Å². The predicted molar refractivity (Wildman–Crippen MR) is 224 cm³/mol. The fourth-order valence-electron chi connectivity index (χ4n) is 9.04. The first-order valence-corrected chi connectivity index (χ1v) is 18.8. The third-order valence-electron chi connectivity index (χ3n) is 11.4. The van der Waals surface area contributed by atoms with E-state index in [2.05, 4.69) is 185 Å². The van der Waals surface area contributed by atoms with Crippen molar-refractivity contribution < 1.29 is 0 Å². The Morgan fingerprint density at radius 2 is 1.12 bits per heavy atom. The van der Waals surface area contributed by atoms with Gasteiger partial charge in [-0.25, -0.2) is 0 Å². The molecule has 2 aliphatic heterocycles. The van der Waals surface area contributed by atoms with Crippen molar-refractivity contribution in [1.29, 1.82) is 0 Å². The van der Waals surface area contributed by atoms with Crippen LogP contribution < -0.4 is 15.8 Å². The maximum atomic E-state index is 2.67. The lowest BCUT2D eigenvalue weighted by Gasteiger charge is -2.38. The predicted octanol–water partition coefficient (Wildman–Crippen LogP) is 11.9. The highest BCUT2D eigenvalue weighted by Crippen LogP contribution is 2.49. The van der Waals surface area contributed by atoms with Crippen LogP contribution in [0.1, 0.15) is 0 Å². The minimum absolute atomic E-state index is 0.0326. The zero-order valence-electron chi connectivity index (χ0n) is 28.1. The zero-order valence-corrected chi connectivity index (χ0v) is 28.9. The highest BCUT2D eigenvalue weighted by atomic mass is 32.1. The number of thiophene rings is 1. The molecule has 8 aromatic carbocycles. The number of nitrogens with zero attached hydrogens (tertiary/aromatic N) is 2. The van der Waals surface area contributed by atoms with Gasteiger partial charge in [0.05, 0.1) is 5.69 Å². The summed E-state index contributed by atoms with van der Waals surface area (Å²) in [5.41, 5.74) is 15.3. The Balaban J connectivity index is 1.21. The van der Waals surface area contributed by atoms with Crippen molar-refractivity contribution in [3.8, 4) is 32.7 Å². The molecule has 0 unspecified atom stereocenters. The molecule has 4 heterocycles. The number of benzene rings is 8. The van der Waals surface area contributed by atoms with Crippen LogP contribution in [0.2, 0.25) is 0 Å². The van der Waals surface area contributed by atoms with Crippen LogP contribution in [0.25, 0.3) is 76.0 Å². The van der Waals surface area contributed by atoms with Gasteiger partial charge in [0.2, 0.25) is 0 Å². The molecule has 0 fully saturated rings. The second kappa shape index (κ2) is 10.6. The summed E-state index contributed by atoms with van der Waals surface area (Å²) in [5.74, 6) is 0. The second-order valence-corrected chi connectivity index (χ2v) is 15.0. The average molecular weight is 677 g/mol. The molecule has 0 radical (unpaired) electrons. The number of hydrogen-bond acceptors (Lipinski definition) is 2. The van der Waals surface area contributed by atoms with E-state index in [1.165, 1.54) is 104 Å². The van der Waals surface area contributed by atoms with Crippen molar-refractivity contribution in [3.05, 3.63) is 175 Å². The van der Waals surface area contributed by atoms with E-state index in [0.29, 0.717) is 0 Å². The molecule has 4 heteroatoms. The van der Waals surface area contributed by atoms with E-state index in [0.717, 1.165) is 0 Å². The van der Waals surface area contributed by atoms with Gasteiger partial charge in [0.1, 0.15) is 0 Å². The Morgan fingerprint density at radius 1 is 0.462 bits per heavy atom. The van der Waals surface area contributed by atoms with Crippen LogP contribution in [-0.4, -0.2) is 11.3 Å². The van der Waals surface area contributed by atoms with Crippen molar-refractivity contribution in [2.75, 3.05) is 4.90 Å². The number of fused-ring (bicyclic) bond motifs is 9. The zero-order chi connectivity index (χ0) is 33.9. The second-order valence-electron chi connectivity index (χ2n) is 14.1. The minimum atomic E-state index is 0.0326. The van der Waals surface area contributed by atoms with Gasteiger partial charge in [-0.3, -0.25) is 0 Å². The Hall–Kier alpha value is -6.36. The van der Waals surface area contributed by atoms with Gasteiger partial charge in [0, 0.05) is 49.0 Å². The highest BCUT2D eigenvalue weighted by Gasteiger charge is 2.44. The van der Waals surface area contributed by atoms with E-state index in [-0.39, 0.29) is 6.85 Å². The highest BCUT2D eigenvalue weighted by molar-refractivity contribution is 7.17. The first kappa shape index (κ1) is 28.4. The van der Waals surface area contributed by atoms with Gasteiger partial charge in [-0.05, 0) is 97.2 Å². The van der Waals surface area contributed by atoms with Crippen LogP contribution in [0, 0.1) is 0 Å². The van der Waals surface area contributed by atoms with Gasteiger partial charge >= 0.3 is 6.85 Å². The molecule has 0 aliphatic carbocycles. The van der Waals surface area contributed by atoms with Gasteiger partial charge in [-0.15, -0.1) is 11.3 Å². The summed E-state index contributed by atoms with van der Waals surface area (Å²) in [6.07, 6.45) is 0. The molecule has 2 aromatic heterocycles. The largest absolute Gasteiger partial charge is 0.375 e. The molecule has 0 bridgehead atoms. The normalized spacial score (nSPS) is 12.9. The van der Waals surface area contributed by atoms with Crippen molar-refractivity contribution in [1.82, 2.24) is 4.48 Å². The maximum Gasteiger partial charge on any atom is 0.333 e. The Kier molecular flexibility index (Phi) is 5.77. The smallest absolute Gasteiger partial charge is 0.333 e. The molecule has 0 saturated heterocycles. The summed E-state index contributed by atoms with van der Waals surface area (Å²) in [4.78, 5) is 3.90. The van der Waals surface area contributed by atoms with Gasteiger partial charge in [0.25, 0.3) is 0 Å². The summed E-state index contributed by atoms with van der Waals surface area (Å²) in [5, 5.41) is 10.0. The lowest BCUT2D eigenvalue weighted by atomic mass is 9.46. The number of aromatic nitrogens is 1. The molecule has 0 N–H and O–H groups in total. The molecule has 52 heavy (non-hydrogen) atoms. The van der Waals surface area contributed by atoms with E-state index in [1.54, 1.807) is 0 Å². The van der Waals surface area contributed by atoms with E-state index < -0.39 is 0 Å². The van der Waals surface area contributed by atoms with Crippen LogP contribution in [0.15, 0.2) is 175 Å². The Labute approximate surface area is 305 Å². The van der Waals surface area contributed by atoms with E-state index >= 15 is 0 Å². The lowest BCUT2D eigenvalue weighted by molar-refractivity contribution is 1.28. The van der Waals surface area contributed by atoms with Crippen LogP contribution in [0.4, 0.5) is 17.1 Å². The average Bonchev–Trinajstić information content (AvgIpc) is 3.79. The van der Waals surface area contributed by atoms with Crippen molar-refractivity contribution >= 4 is 89.5 Å². The van der Waals surface area contributed by atoms with Crippen molar-refractivity contribution in [2.45, 2.75) is 0 Å². The summed E-state index contributed by atoms with van der Waals surface area (Å²) in [6, 6.07) is 63.0. The molecule has 0 spiro atoms. The molecular formula is C48H29BN2S. The third-order valence-corrected chi connectivity index (χ3v) is 12.4. The quantitative estimate of drug-likeness (QED) is 0.169. The van der Waals surface area contributed by atoms with E-state index in [1.807, 2.05) is 11.3 Å². The fraction of sp³-hybridized carbons (Fsp3) is 0. The fourth-order valence-corrected chi connectivity index (χ4v) is 10.1. The molecule has 0 atom stereocenters. The summed E-state index contributed by atoms with van der Waals surface area (Å²) < 4.78 is 2.67. The summed E-state index contributed by atoms with van der Waals surface area (Å²) >= 11 is 1.89. The molecule has 0 saturated carbocycles. The first-order valence-electron chi connectivity index (χ1n) is 17.9. The standard InChI is InChI=1S/C48H29BN2S/c1-3-11-30(12-4-1)36-20-22-43-39(24-36)40-25-37(31-13-5-2-6-14-31)26-41-47(40)51(43)49-42-27-34-17-9-10-18-35(34)28-44(42)50(45-29-52-48(41)46(45)49)38-21-19-32-15-7-8-16-33(32)23-38/h1-29H. The van der Waals surface area contributed by atoms with Crippen LogP contribution >= 0.6 is 11.3 Å². The van der Waals surface area contributed by atoms with E-state index in [9.17, 15) is 0 Å². The molecule has 2 aliphatic rings. The van der Waals surface area contributed by atoms with Crippen LogP contribution in [-0.2, 0) is 0 Å². The first-order chi connectivity index (χ1) is 25.8. The Bertz CT molecular complexity index is 3090. The third kappa shape index (κ3) is 3.90. The molecule has 12 rings (SSSR count). The molecule has 0 amide bonds. The minimum Gasteiger partial charge on any atom is -0.375 e. The number of anilines is 3. The van der Waals surface area contributed by atoms with Crippen LogP contribution in [0.5, 0.6) is 0 Å². The number of rotatable bonds is 3. The SMILES string of the molecule is c1ccc(-c2ccc3c(c2)c2cc(-c4ccccc4)cc4c2n3B2c3cc5ccccc5cc3N(c3ccc5ccccc5c3)c3csc-4c32)cc1. The number of hydrogen-bond donors (Lipinski definition) is 0.